The summed E-state index contributed by atoms with van der Waals surface area (Å²) in [6.45, 7) is 4.32. The topological polar surface area (TPSA) is 90.0 Å². The van der Waals surface area contributed by atoms with Gasteiger partial charge in [0.05, 0.1) is 5.56 Å². The summed E-state index contributed by atoms with van der Waals surface area (Å²) in [6, 6.07) is 21.1. The van der Waals surface area contributed by atoms with Crippen molar-refractivity contribution in [1.82, 2.24) is 10.2 Å². The maximum Gasteiger partial charge on any atom is 0.335 e. The number of piperazine rings is 1. The van der Waals surface area contributed by atoms with E-state index in [1.54, 1.807) is 12.1 Å². The third-order valence-corrected chi connectivity index (χ3v) is 8.19. The van der Waals surface area contributed by atoms with Crippen molar-refractivity contribution in [1.29, 1.82) is 0 Å². The Balaban J connectivity index is 1.32. The summed E-state index contributed by atoms with van der Waals surface area (Å²) >= 11 is 0. The van der Waals surface area contributed by atoms with Crippen LogP contribution in [0.4, 0.5) is 5.69 Å². The molecule has 1 fully saturated rings. The van der Waals surface area contributed by atoms with Crippen molar-refractivity contribution in [3.63, 3.8) is 0 Å². The van der Waals surface area contributed by atoms with Crippen LogP contribution in [-0.4, -0.2) is 53.8 Å². The summed E-state index contributed by atoms with van der Waals surface area (Å²) < 4.78 is 0. The van der Waals surface area contributed by atoms with Gasteiger partial charge in [0.1, 0.15) is 0 Å². The Morgan fingerprint density at radius 1 is 0.897 bits per heavy atom. The summed E-state index contributed by atoms with van der Waals surface area (Å²) in [5, 5.41) is 14.8. The number of aromatic carboxylic acids is 1. The van der Waals surface area contributed by atoms with Gasteiger partial charge in [-0.15, -0.1) is 0 Å². The fraction of sp³-hybridized carbons (Fsp3) is 0.281. The zero-order valence-corrected chi connectivity index (χ0v) is 21.9. The second kappa shape index (κ2) is 10.1. The first-order valence-corrected chi connectivity index (χ1v) is 13.5. The fourth-order valence-corrected chi connectivity index (χ4v) is 6.23. The molecule has 1 atom stereocenters. The maximum absolute atomic E-state index is 14.2. The highest BCUT2D eigenvalue weighted by Gasteiger charge is 2.40. The Bertz CT molecular complexity index is 1540. The second-order valence-corrected chi connectivity index (χ2v) is 10.5. The molecule has 1 amide bonds. The summed E-state index contributed by atoms with van der Waals surface area (Å²) in [5.74, 6) is -1.27. The van der Waals surface area contributed by atoms with Gasteiger partial charge < -0.3 is 20.2 Å². The van der Waals surface area contributed by atoms with E-state index in [1.165, 1.54) is 0 Å². The Morgan fingerprint density at radius 2 is 1.62 bits per heavy atom. The highest BCUT2D eigenvalue weighted by atomic mass is 16.4. The maximum atomic E-state index is 14.2. The molecule has 0 radical (unpaired) electrons. The predicted octanol–water partition coefficient (Wildman–Crippen LogP) is 4.85. The van der Waals surface area contributed by atoms with E-state index in [-0.39, 0.29) is 17.3 Å². The summed E-state index contributed by atoms with van der Waals surface area (Å²) in [4.78, 5) is 42.9. The third-order valence-electron chi connectivity index (χ3n) is 8.19. The average Bonchev–Trinajstić information content (AvgIpc) is 2.96. The van der Waals surface area contributed by atoms with Gasteiger partial charge in [-0.2, -0.15) is 0 Å². The zero-order valence-electron chi connectivity index (χ0n) is 21.9. The van der Waals surface area contributed by atoms with Crippen molar-refractivity contribution in [2.75, 3.05) is 31.1 Å². The number of hydrogen-bond acceptors (Lipinski definition) is 5. The number of carboxylic acid groups (broad SMARTS) is 1. The summed E-state index contributed by atoms with van der Waals surface area (Å²) in [5.41, 5.74) is 5.36. The number of amides is 1. The lowest BCUT2D eigenvalue weighted by Crippen LogP contribution is -2.50. The van der Waals surface area contributed by atoms with E-state index >= 15 is 0 Å². The molecule has 0 saturated carbocycles. The van der Waals surface area contributed by atoms with Gasteiger partial charge in [0.15, 0.2) is 5.78 Å². The molecule has 39 heavy (non-hydrogen) atoms. The Labute approximate surface area is 227 Å². The highest BCUT2D eigenvalue weighted by Crippen LogP contribution is 2.44. The van der Waals surface area contributed by atoms with Gasteiger partial charge in [-0.25, -0.2) is 4.79 Å². The van der Waals surface area contributed by atoms with Gasteiger partial charge in [-0.05, 0) is 60.4 Å². The Morgan fingerprint density at radius 3 is 2.36 bits per heavy atom. The first-order valence-electron chi connectivity index (χ1n) is 13.5. The summed E-state index contributed by atoms with van der Waals surface area (Å²) in [6.07, 6.45) is 2.13. The number of nitrogens with zero attached hydrogens (tertiary/aromatic N) is 2. The highest BCUT2D eigenvalue weighted by molar-refractivity contribution is 6.06. The van der Waals surface area contributed by atoms with E-state index in [0.717, 1.165) is 51.8 Å². The monoisotopic (exact) mass is 521 g/mol. The van der Waals surface area contributed by atoms with Crippen LogP contribution < -0.4 is 10.2 Å². The van der Waals surface area contributed by atoms with Crippen molar-refractivity contribution >= 4 is 34.1 Å². The number of anilines is 1. The first-order chi connectivity index (χ1) is 18.9. The van der Waals surface area contributed by atoms with E-state index in [0.29, 0.717) is 38.2 Å². The molecule has 3 aromatic carbocycles. The minimum atomic E-state index is -0.947. The third kappa shape index (κ3) is 4.48. The Hall–Kier alpha value is -4.39. The number of ketones is 1. The number of fused-ring (bicyclic) bond motifs is 1. The predicted molar refractivity (Wildman–Crippen MR) is 151 cm³/mol. The molecule has 0 spiro atoms. The van der Waals surface area contributed by atoms with Crippen LogP contribution in [0.5, 0.6) is 0 Å². The number of Topliss-reactive ketones (excluding diaryl/α,β-unsaturated/α-hetero) is 1. The number of rotatable bonds is 4. The Kier molecular flexibility index (Phi) is 6.43. The molecule has 2 aliphatic heterocycles. The number of carbonyl (C=O) groups is 3. The van der Waals surface area contributed by atoms with E-state index < -0.39 is 11.9 Å². The smallest absolute Gasteiger partial charge is 0.335 e. The molecule has 0 bridgehead atoms. The van der Waals surface area contributed by atoms with E-state index in [1.807, 2.05) is 42.2 Å². The normalized spacial score (nSPS) is 19.7. The minimum absolute atomic E-state index is 0.0382. The van der Waals surface area contributed by atoms with Crippen LogP contribution in [0.15, 0.2) is 89.3 Å². The molecular formula is C32H31N3O4. The zero-order chi connectivity index (χ0) is 27.1. The largest absolute Gasteiger partial charge is 0.478 e. The first kappa shape index (κ1) is 24.9. The van der Waals surface area contributed by atoms with Crippen LogP contribution in [0.25, 0.3) is 10.8 Å². The molecule has 2 N–H and O–H groups in total. The van der Waals surface area contributed by atoms with Crippen LogP contribution in [0.1, 0.15) is 48.0 Å². The number of dihydropyridines is 1. The van der Waals surface area contributed by atoms with E-state index in [4.69, 9.17) is 0 Å². The van der Waals surface area contributed by atoms with Crippen LogP contribution in [0.3, 0.4) is 0 Å². The molecule has 198 valence electrons. The minimum Gasteiger partial charge on any atom is -0.478 e. The number of hydrogen-bond donors (Lipinski definition) is 2. The lowest BCUT2D eigenvalue weighted by atomic mass is 9.73. The fourth-order valence-electron chi connectivity index (χ4n) is 6.23. The van der Waals surface area contributed by atoms with Crippen LogP contribution in [0.2, 0.25) is 0 Å². The van der Waals surface area contributed by atoms with Crippen molar-refractivity contribution in [3.8, 4) is 0 Å². The van der Waals surface area contributed by atoms with Gasteiger partial charge >= 0.3 is 5.97 Å². The van der Waals surface area contributed by atoms with Crippen molar-refractivity contribution in [2.24, 2.45) is 0 Å². The molecule has 0 aromatic heterocycles. The standard InChI is InChI=1S/C32H31N3O4/c1-20-28(31(37)35-18-16-34(17-19-35)23-14-12-22(13-15-23)32(38)39)29(30-26(33-20)10-5-11-27(30)36)25-9-4-7-21-6-2-3-8-24(21)25/h2-4,6-9,12-15,29,33H,5,10-11,16-19H2,1H3,(H,38,39). The van der Waals surface area contributed by atoms with Gasteiger partial charge in [0.2, 0.25) is 0 Å². The molecule has 2 heterocycles. The van der Waals surface area contributed by atoms with E-state index in [9.17, 15) is 19.5 Å². The molecule has 7 nitrogen and oxygen atoms in total. The molecule has 6 rings (SSSR count). The lowest BCUT2D eigenvalue weighted by Gasteiger charge is -2.40. The summed E-state index contributed by atoms with van der Waals surface area (Å²) in [7, 11) is 0. The average molecular weight is 522 g/mol. The molecule has 3 aliphatic rings. The second-order valence-electron chi connectivity index (χ2n) is 10.5. The number of benzene rings is 3. The van der Waals surface area contributed by atoms with Gasteiger partial charge in [0, 0.05) is 66.7 Å². The molecule has 1 unspecified atom stereocenters. The van der Waals surface area contributed by atoms with Gasteiger partial charge in [0.25, 0.3) is 5.91 Å². The van der Waals surface area contributed by atoms with Gasteiger partial charge in [-0.1, -0.05) is 42.5 Å². The number of nitrogens with one attached hydrogen (secondary N) is 1. The molecular weight excluding hydrogens is 490 g/mol. The molecule has 7 heteroatoms. The number of allylic oxidation sites excluding steroid dienone is 3. The molecule has 1 aliphatic carbocycles. The van der Waals surface area contributed by atoms with E-state index in [2.05, 4.69) is 34.5 Å². The van der Waals surface area contributed by atoms with Crippen LogP contribution in [-0.2, 0) is 9.59 Å². The SMILES string of the molecule is CC1=C(C(=O)N2CCN(c3ccc(C(=O)O)cc3)CC2)C(c2cccc3ccccc23)C2=C(CCCC2=O)N1. The molecule has 1 saturated heterocycles. The van der Waals surface area contributed by atoms with Crippen LogP contribution >= 0.6 is 0 Å². The number of carbonyl (C=O) groups excluding carboxylic acids is 2. The lowest BCUT2D eigenvalue weighted by molar-refractivity contribution is -0.127. The van der Waals surface area contributed by atoms with Crippen molar-refractivity contribution < 1.29 is 19.5 Å². The molecule has 3 aromatic rings. The quantitative estimate of drug-likeness (QED) is 0.510. The number of carboxylic acids is 1. The van der Waals surface area contributed by atoms with Crippen molar-refractivity contribution in [3.05, 3.63) is 100 Å². The van der Waals surface area contributed by atoms with Crippen molar-refractivity contribution in [2.45, 2.75) is 32.1 Å². The van der Waals surface area contributed by atoms with Gasteiger partial charge in [-0.3, -0.25) is 9.59 Å². The van der Waals surface area contributed by atoms with Crippen LogP contribution in [0, 0.1) is 0 Å².